The van der Waals surface area contributed by atoms with Gasteiger partial charge in [-0.25, -0.2) is 19.4 Å². The van der Waals surface area contributed by atoms with Crippen LogP contribution < -0.4 is 10.2 Å². The second-order valence-corrected chi connectivity index (χ2v) is 19.6. The van der Waals surface area contributed by atoms with E-state index in [0.29, 0.717) is 55.7 Å². The maximum Gasteiger partial charge on any atom is 0.407 e. The summed E-state index contributed by atoms with van der Waals surface area (Å²) in [6.07, 6.45) is 1.09. The van der Waals surface area contributed by atoms with Gasteiger partial charge in [-0.15, -0.1) is 0 Å². The number of fused-ring (bicyclic) bond motifs is 1. The number of nitrogens with zero attached hydrogens (tertiary/aromatic N) is 5. The first-order valence-corrected chi connectivity index (χ1v) is 18.5. The third kappa shape index (κ3) is 7.21. The molecule has 4 heterocycles. The third-order valence-electron chi connectivity index (χ3n) is 7.43. The molecule has 0 bridgehead atoms. The zero-order valence-electron chi connectivity index (χ0n) is 24.2. The van der Waals surface area contributed by atoms with E-state index in [1.54, 1.807) is 4.68 Å². The van der Waals surface area contributed by atoms with Crippen molar-refractivity contribution in [2.24, 2.45) is 5.41 Å². The predicted octanol–water partition coefficient (Wildman–Crippen LogP) is 4.13. The molecule has 2 N–H and O–H groups in total. The van der Waals surface area contributed by atoms with Crippen molar-refractivity contribution in [3.8, 4) is 0 Å². The maximum absolute atomic E-state index is 12.6. The minimum atomic E-state index is -1.19. The molecule has 2 aromatic rings. The molecule has 2 saturated heterocycles. The van der Waals surface area contributed by atoms with Gasteiger partial charge in [0.05, 0.1) is 25.4 Å². The van der Waals surface area contributed by atoms with Crippen molar-refractivity contribution in [1.82, 2.24) is 25.1 Å². The Balaban J connectivity index is 1.50. The van der Waals surface area contributed by atoms with E-state index in [4.69, 9.17) is 24.2 Å². The number of hydrogen-bond acceptors (Lipinski definition) is 9. The molecular formula is C26H43IN6O5Si. The van der Waals surface area contributed by atoms with Gasteiger partial charge in [-0.2, -0.15) is 5.10 Å². The van der Waals surface area contributed by atoms with E-state index in [9.17, 15) is 9.90 Å². The van der Waals surface area contributed by atoms with Gasteiger partial charge in [0.2, 0.25) is 0 Å². The number of aliphatic hydroxyl groups excluding tert-OH is 1. The van der Waals surface area contributed by atoms with Gasteiger partial charge in [0.15, 0.2) is 15.2 Å². The Morgan fingerprint density at radius 3 is 2.56 bits per heavy atom. The topological polar surface area (TPSA) is 124 Å². The Labute approximate surface area is 245 Å². The van der Waals surface area contributed by atoms with Crippen molar-refractivity contribution >= 4 is 53.7 Å². The summed E-state index contributed by atoms with van der Waals surface area (Å²) >= 11 is 2.16. The fourth-order valence-electron chi connectivity index (χ4n) is 5.26. The highest BCUT2D eigenvalue weighted by Crippen LogP contribution is 2.43. The fraction of sp³-hybridized carbons (Fsp3) is 0.769. The van der Waals surface area contributed by atoms with Gasteiger partial charge in [-0.1, -0.05) is 19.6 Å². The number of hydrogen-bond donors (Lipinski definition) is 2. The normalized spacial score (nSPS) is 21.6. The first-order chi connectivity index (χ1) is 18.2. The van der Waals surface area contributed by atoms with Gasteiger partial charge >= 0.3 is 6.09 Å². The van der Waals surface area contributed by atoms with Gasteiger partial charge in [0.25, 0.3) is 0 Å². The fourth-order valence-corrected chi connectivity index (χ4v) is 6.63. The van der Waals surface area contributed by atoms with E-state index in [0.717, 1.165) is 22.6 Å². The minimum Gasteiger partial charge on any atom is -0.444 e. The van der Waals surface area contributed by atoms with Crippen LogP contribution in [0.3, 0.4) is 0 Å². The zero-order valence-corrected chi connectivity index (χ0v) is 27.4. The van der Waals surface area contributed by atoms with Crippen molar-refractivity contribution < 1.29 is 24.1 Å². The number of ether oxygens (including phenoxy) is 3. The average Bonchev–Trinajstić information content (AvgIpc) is 3.31. The van der Waals surface area contributed by atoms with Crippen LogP contribution in [0.1, 0.15) is 46.2 Å². The van der Waals surface area contributed by atoms with Crippen molar-refractivity contribution in [2.45, 2.75) is 97.3 Å². The summed E-state index contributed by atoms with van der Waals surface area (Å²) in [6.45, 7) is 17.3. The van der Waals surface area contributed by atoms with Crippen LogP contribution in [0.5, 0.6) is 0 Å². The first-order valence-electron chi connectivity index (χ1n) is 13.7. The highest BCUT2D eigenvalue weighted by atomic mass is 127. The average molecular weight is 675 g/mol. The van der Waals surface area contributed by atoms with E-state index in [2.05, 4.69) is 57.5 Å². The molecular weight excluding hydrogens is 631 g/mol. The Morgan fingerprint density at radius 1 is 1.26 bits per heavy atom. The zero-order chi connectivity index (χ0) is 28.6. The van der Waals surface area contributed by atoms with Gasteiger partial charge in [0.1, 0.15) is 23.5 Å². The second kappa shape index (κ2) is 11.7. The van der Waals surface area contributed by atoms with Crippen LogP contribution in [-0.4, -0.2) is 83.1 Å². The van der Waals surface area contributed by atoms with Crippen LogP contribution in [0.4, 0.5) is 10.6 Å². The number of aliphatic hydroxyl groups is 1. The van der Waals surface area contributed by atoms with Gasteiger partial charge in [-0.05, 0) is 69.2 Å². The van der Waals surface area contributed by atoms with Crippen molar-refractivity contribution in [1.29, 1.82) is 0 Å². The lowest BCUT2D eigenvalue weighted by Crippen LogP contribution is -2.55. The molecule has 2 fully saturated rings. The number of carbonyl (C=O) groups excluding carboxylic acids is 1. The lowest BCUT2D eigenvalue weighted by Gasteiger charge is -2.43. The second-order valence-electron chi connectivity index (χ2n) is 13.0. The summed E-state index contributed by atoms with van der Waals surface area (Å²) in [5, 5.41) is 17.9. The van der Waals surface area contributed by atoms with Gasteiger partial charge < -0.3 is 29.5 Å². The number of piperidine rings is 1. The Bertz CT molecular complexity index is 1170. The van der Waals surface area contributed by atoms with Crippen LogP contribution in [-0.2, 0) is 27.5 Å². The number of rotatable bonds is 8. The Kier molecular flexibility index (Phi) is 9.16. The van der Waals surface area contributed by atoms with Crippen LogP contribution in [0.25, 0.3) is 11.2 Å². The molecule has 0 aliphatic carbocycles. The molecule has 0 unspecified atom stereocenters. The van der Waals surface area contributed by atoms with Crippen molar-refractivity contribution in [3.63, 3.8) is 0 Å². The number of alkyl carbamates (subject to hydrolysis) is 1. The van der Waals surface area contributed by atoms with E-state index >= 15 is 0 Å². The standard InChI is InChI=1S/C26H43IN6O5Si/c1-17-20(29-24(35)38-25(2,3)4)26(15-37-17)8-10-32(11-9-26)22-18(14-34)28-19-21(27)31-33(23(19)30-22)16-36-12-13-39(5,6)7/h17,20,34H,8-16H2,1-7H3,(H,29,35)/t17-,20+/m0/s1. The highest BCUT2D eigenvalue weighted by molar-refractivity contribution is 14.1. The molecule has 1 spiro atoms. The predicted molar refractivity (Wildman–Crippen MR) is 161 cm³/mol. The summed E-state index contributed by atoms with van der Waals surface area (Å²) in [5.74, 6) is 0.670. The van der Waals surface area contributed by atoms with Crippen LogP contribution >= 0.6 is 22.6 Å². The number of anilines is 1. The van der Waals surface area contributed by atoms with E-state index in [-0.39, 0.29) is 24.2 Å². The molecule has 2 aliphatic heterocycles. The highest BCUT2D eigenvalue weighted by Gasteiger charge is 2.50. The lowest BCUT2D eigenvalue weighted by molar-refractivity contribution is 0.0434. The smallest absolute Gasteiger partial charge is 0.407 e. The largest absolute Gasteiger partial charge is 0.444 e. The SMILES string of the molecule is C[C@@H]1OCC2(CCN(c3nc4c(nc3CO)c(I)nn4COCC[Si](C)(C)C)CC2)[C@@H]1NC(=O)OC(C)(C)C. The molecule has 0 aromatic carbocycles. The lowest BCUT2D eigenvalue weighted by atomic mass is 9.73. The Hall–Kier alpha value is -1.55. The molecule has 0 saturated carbocycles. The molecule has 4 rings (SSSR count). The first kappa shape index (κ1) is 30.4. The van der Waals surface area contributed by atoms with Crippen LogP contribution in [0.15, 0.2) is 0 Å². The van der Waals surface area contributed by atoms with Gasteiger partial charge in [0, 0.05) is 33.2 Å². The summed E-state index contributed by atoms with van der Waals surface area (Å²) in [7, 11) is -1.19. The van der Waals surface area contributed by atoms with Gasteiger partial charge in [-0.3, -0.25) is 0 Å². The van der Waals surface area contributed by atoms with Crippen molar-refractivity contribution in [2.75, 3.05) is 31.2 Å². The number of carbonyl (C=O) groups is 1. The van der Waals surface area contributed by atoms with E-state index in [1.807, 2.05) is 27.7 Å². The van der Waals surface area contributed by atoms with E-state index < -0.39 is 19.8 Å². The molecule has 1 amide bonds. The molecule has 2 aromatic heterocycles. The minimum absolute atomic E-state index is 0.106. The van der Waals surface area contributed by atoms with E-state index in [1.165, 1.54) is 0 Å². The molecule has 218 valence electrons. The molecule has 13 heteroatoms. The maximum atomic E-state index is 12.6. The molecule has 0 radical (unpaired) electrons. The number of halogens is 1. The third-order valence-corrected chi connectivity index (χ3v) is 9.86. The number of amides is 1. The van der Waals surface area contributed by atoms with Crippen molar-refractivity contribution in [3.05, 3.63) is 9.39 Å². The summed E-state index contributed by atoms with van der Waals surface area (Å²) in [4.78, 5) is 24.5. The molecule has 2 aliphatic rings. The number of nitrogens with one attached hydrogen (secondary N) is 1. The summed E-state index contributed by atoms with van der Waals surface area (Å²) < 4.78 is 20.0. The Morgan fingerprint density at radius 2 is 1.95 bits per heavy atom. The summed E-state index contributed by atoms with van der Waals surface area (Å²) in [5.41, 5.74) is 1.11. The van der Waals surface area contributed by atoms with Crippen LogP contribution in [0, 0.1) is 9.12 Å². The molecule has 2 atom stereocenters. The quantitative estimate of drug-likeness (QED) is 0.242. The summed E-state index contributed by atoms with van der Waals surface area (Å²) in [6, 6.07) is 0.938. The molecule has 11 nitrogen and oxygen atoms in total. The monoisotopic (exact) mass is 674 g/mol. The number of aromatic nitrogens is 4. The molecule has 39 heavy (non-hydrogen) atoms. The van der Waals surface area contributed by atoms with Crippen LogP contribution in [0.2, 0.25) is 25.7 Å².